The van der Waals surface area contributed by atoms with Gasteiger partial charge in [-0.25, -0.2) is 13.4 Å². The summed E-state index contributed by atoms with van der Waals surface area (Å²) in [5, 5.41) is 0.321. The molecule has 2 heterocycles. The maximum absolute atomic E-state index is 12.5. The summed E-state index contributed by atoms with van der Waals surface area (Å²) in [7, 11) is -2.23. The highest BCUT2D eigenvalue weighted by Crippen LogP contribution is 2.33. The molecule has 0 amide bonds. The molecule has 24 heavy (non-hydrogen) atoms. The van der Waals surface area contributed by atoms with Crippen molar-refractivity contribution in [2.75, 3.05) is 11.8 Å². The third-order valence-corrected chi connectivity index (χ3v) is 6.38. The Hall–Kier alpha value is -2.03. The van der Waals surface area contributed by atoms with E-state index in [1.807, 2.05) is 0 Å². The number of anilines is 1. The molecular formula is C15H13ClN2O4S2. The van der Waals surface area contributed by atoms with Crippen LogP contribution in [0.5, 0.6) is 5.75 Å². The lowest BCUT2D eigenvalue weighted by molar-refractivity contribution is 0.415. The number of nitrogens with zero attached hydrogens (tertiary/aromatic N) is 1. The molecule has 0 saturated heterocycles. The van der Waals surface area contributed by atoms with E-state index in [1.165, 1.54) is 19.2 Å². The summed E-state index contributed by atoms with van der Waals surface area (Å²) in [5.41, 5.74) is 0.353. The van der Waals surface area contributed by atoms with Gasteiger partial charge in [-0.1, -0.05) is 11.6 Å². The van der Waals surface area contributed by atoms with Crippen molar-refractivity contribution in [3.8, 4) is 16.4 Å². The number of hydrogen-bond donors (Lipinski definition) is 1. The zero-order valence-corrected chi connectivity index (χ0v) is 15.1. The number of methoxy groups -OCH3 is 1. The lowest BCUT2D eigenvalue weighted by Crippen LogP contribution is -2.11. The molecule has 1 aromatic carbocycles. The first-order chi connectivity index (χ1) is 11.4. The number of aromatic nitrogens is 1. The molecule has 0 aliphatic carbocycles. The van der Waals surface area contributed by atoms with Crippen LogP contribution in [-0.4, -0.2) is 20.5 Å². The lowest BCUT2D eigenvalue weighted by atomic mass is 10.3. The van der Waals surface area contributed by atoms with Crippen LogP contribution in [0.2, 0.25) is 5.02 Å². The standard InChI is InChI=1S/C15H13ClN2O4S2/c1-9-17-8-13(22-9)14-5-6-15(23-14)24(19,20)18-10-3-4-12(21-2)11(16)7-10/h3-8,18H,1-2H3. The van der Waals surface area contributed by atoms with Crippen molar-refractivity contribution in [1.29, 1.82) is 0 Å². The molecule has 0 saturated carbocycles. The molecule has 0 radical (unpaired) electrons. The molecule has 0 bridgehead atoms. The van der Waals surface area contributed by atoms with Crippen LogP contribution in [0.25, 0.3) is 10.6 Å². The summed E-state index contributed by atoms with van der Waals surface area (Å²) < 4.78 is 38.1. The van der Waals surface area contributed by atoms with Crippen molar-refractivity contribution in [1.82, 2.24) is 4.98 Å². The van der Waals surface area contributed by atoms with Gasteiger partial charge < -0.3 is 9.15 Å². The number of hydrogen-bond acceptors (Lipinski definition) is 6. The third kappa shape index (κ3) is 3.40. The summed E-state index contributed by atoms with van der Waals surface area (Å²) in [5.74, 6) is 1.53. The maximum atomic E-state index is 12.5. The van der Waals surface area contributed by atoms with Gasteiger partial charge in [-0.05, 0) is 30.3 Å². The number of oxazole rings is 1. The zero-order valence-electron chi connectivity index (χ0n) is 12.7. The number of nitrogens with one attached hydrogen (secondary N) is 1. The summed E-state index contributed by atoms with van der Waals surface area (Å²) in [6.45, 7) is 1.73. The zero-order chi connectivity index (χ0) is 17.3. The van der Waals surface area contributed by atoms with E-state index in [1.54, 1.807) is 31.3 Å². The molecule has 0 atom stereocenters. The van der Waals surface area contributed by atoms with Gasteiger partial charge in [0.15, 0.2) is 11.7 Å². The Morgan fingerprint density at radius 3 is 2.71 bits per heavy atom. The third-order valence-electron chi connectivity index (χ3n) is 3.11. The first-order valence-corrected chi connectivity index (χ1v) is 9.46. The van der Waals surface area contributed by atoms with Crippen LogP contribution in [0.15, 0.2) is 45.2 Å². The van der Waals surface area contributed by atoms with Crippen molar-refractivity contribution in [2.45, 2.75) is 11.1 Å². The highest BCUT2D eigenvalue weighted by atomic mass is 35.5. The van der Waals surface area contributed by atoms with Crippen LogP contribution in [0.1, 0.15) is 5.89 Å². The molecule has 3 aromatic rings. The largest absolute Gasteiger partial charge is 0.495 e. The van der Waals surface area contributed by atoms with Crippen molar-refractivity contribution in [3.63, 3.8) is 0 Å². The van der Waals surface area contributed by atoms with Gasteiger partial charge in [0.2, 0.25) is 0 Å². The molecule has 0 aliphatic heterocycles. The van der Waals surface area contributed by atoms with Gasteiger partial charge in [-0.2, -0.15) is 0 Å². The van der Waals surface area contributed by atoms with Gasteiger partial charge in [0, 0.05) is 6.92 Å². The summed E-state index contributed by atoms with van der Waals surface area (Å²) in [4.78, 5) is 4.69. The predicted molar refractivity (Wildman–Crippen MR) is 93.4 cm³/mol. The van der Waals surface area contributed by atoms with E-state index in [2.05, 4.69) is 9.71 Å². The van der Waals surface area contributed by atoms with E-state index in [4.69, 9.17) is 20.8 Å². The van der Waals surface area contributed by atoms with Gasteiger partial charge in [-0.15, -0.1) is 11.3 Å². The van der Waals surface area contributed by atoms with Crippen LogP contribution in [0.3, 0.4) is 0 Å². The van der Waals surface area contributed by atoms with E-state index < -0.39 is 10.0 Å². The fourth-order valence-corrected chi connectivity index (χ4v) is 4.57. The smallest absolute Gasteiger partial charge is 0.271 e. The van der Waals surface area contributed by atoms with Gasteiger partial charge in [-0.3, -0.25) is 4.72 Å². The topological polar surface area (TPSA) is 81.4 Å². The number of benzene rings is 1. The fraction of sp³-hybridized carbons (Fsp3) is 0.133. The average Bonchev–Trinajstić information content (AvgIpc) is 3.16. The maximum Gasteiger partial charge on any atom is 0.271 e. The minimum atomic E-state index is -3.72. The van der Waals surface area contributed by atoms with Crippen LogP contribution < -0.4 is 9.46 Å². The number of ether oxygens (including phenoxy) is 1. The number of aryl methyl sites for hydroxylation is 1. The van der Waals surface area contributed by atoms with Gasteiger partial charge in [0.05, 0.1) is 28.9 Å². The monoisotopic (exact) mass is 384 g/mol. The molecule has 0 aliphatic rings. The van der Waals surface area contributed by atoms with Gasteiger partial charge >= 0.3 is 0 Å². The molecule has 1 N–H and O–H groups in total. The lowest BCUT2D eigenvalue weighted by Gasteiger charge is -2.08. The fourth-order valence-electron chi connectivity index (χ4n) is 2.01. The van der Waals surface area contributed by atoms with E-state index in [0.29, 0.717) is 33.0 Å². The Bertz CT molecular complexity index is 979. The molecule has 0 unspecified atom stereocenters. The van der Waals surface area contributed by atoms with Crippen molar-refractivity contribution in [2.24, 2.45) is 0 Å². The average molecular weight is 385 g/mol. The highest BCUT2D eigenvalue weighted by Gasteiger charge is 2.19. The molecule has 0 fully saturated rings. The summed E-state index contributed by atoms with van der Waals surface area (Å²) in [6.07, 6.45) is 1.56. The van der Waals surface area contributed by atoms with Gasteiger partial charge in [0.25, 0.3) is 10.0 Å². The Kier molecular flexibility index (Phi) is 4.53. The second-order valence-electron chi connectivity index (χ2n) is 4.82. The van der Waals surface area contributed by atoms with Crippen LogP contribution in [-0.2, 0) is 10.0 Å². The Balaban J connectivity index is 1.86. The molecule has 0 spiro atoms. The minimum Gasteiger partial charge on any atom is -0.495 e. The number of thiophene rings is 1. The molecule has 2 aromatic heterocycles. The minimum absolute atomic E-state index is 0.165. The number of sulfonamides is 1. The first-order valence-electron chi connectivity index (χ1n) is 6.78. The van der Waals surface area contributed by atoms with E-state index in [0.717, 1.165) is 11.3 Å². The molecule has 6 nitrogen and oxygen atoms in total. The predicted octanol–water partition coefficient (Wildman–Crippen LogP) is 4.17. The molecule has 9 heteroatoms. The molecule has 3 rings (SSSR count). The SMILES string of the molecule is COc1ccc(NS(=O)(=O)c2ccc(-c3cnc(C)o3)s2)cc1Cl. The molecule has 126 valence electrons. The Labute approximate surface area is 148 Å². The Morgan fingerprint density at radius 1 is 1.29 bits per heavy atom. The van der Waals surface area contributed by atoms with Crippen molar-refractivity contribution in [3.05, 3.63) is 47.4 Å². The highest BCUT2D eigenvalue weighted by molar-refractivity contribution is 7.94. The van der Waals surface area contributed by atoms with Crippen LogP contribution in [0, 0.1) is 6.92 Å². The van der Waals surface area contributed by atoms with Crippen LogP contribution in [0.4, 0.5) is 5.69 Å². The second-order valence-corrected chi connectivity index (χ2v) is 8.22. The van der Waals surface area contributed by atoms with Crippen LogP contribution >= 0.6 is 22.9 Å². The van der Waals surface area contributed by atoms with Gasteiger partial charge in [0.1, 0.15) is 9.96 Å². The number of rotatable bonds is 5. The van der Waals surface area contributed by atoms with E-state index >= 15 is 0 Å². The van der Waals surface area contributed by atoms with Crippen molar-refractivity contribution >= 4 is 38.6 Å². The van der Waals surface area contributed by atoms with E-state index in [9.17, 15) is 8.42 Å². The normalized spacial score (nSPS) is 11.5. The second kappa shape index (κ2) is 6.46. The molecular weight excluding hydrogens is 372 g/mol. The first kappa shape index (κ1) is 16.8. The Morgan fingerprint density at radius 2 is 2.08 bits per heavy atom. The quantitative estimate of drug-likeness (QED) is 0.713. The van der Waals surface area contributed by atoms with Crippen molar-refractivity contribution < 1.29 is 17.6 Å². The summed E-state index contributed by atoms with van der Waals surface area (Å²) in [6, 6.07) is 7.87. The van der Waals surface area contributed by atoms with E-state index in [-0.39, 0.29) is 4.21 Å². The summed E-state index contributed by atoms with van der Waals surface area (Å²) >= 11 is 7.11. The number of halogens is 1.